The quantitative estimate of drug-likeness (QED) is 0.839. The first-order chi connectivity index (χ1) is 9.02. The summed E-state index contributed by atoms with van der Waals surface area (Å²) in [4.78, 5) is 0. The van der Waals surface area contributed by atoms with Gasteiger partial charge in [-0.15, -0.1) is 0 Å². The number of aryl methyl sites for hydroxylation is 2. The SMILES string of the molecule is Cc1ccc2c(c1)C(O)(c1cccc(Br)c1F)CC2. The lowest BCUT2D eigenvalue weighted by Crippen LogP contribution is -2.25. The van der Waals surface area contributed by atoms with Crippen LogP contribution in [-0.2, 0) is 12.0 Å². The van der Waals surface area contributed by atoms with E-state index >= 15 is 0 Å². The zero-order chi connectivity index (χ0) is 13.6. The van der Waals surface area contributed by atoms with Gasteiger partial charge in [0.2, 0.25) is 0 Å². The molecule has 0 aliphatic heterocycles. The zero-order valence-corrected chi connectivity index (χ0v) is 12.2. The summed E-state index contributed by atoms with van der Waals surface area (Å²) < 4.78 is 14.7. The van der Waals surface area contributed by atoms with Gasteiger partial charge in [0.15, 0.2) is 0 Å². The Bertz CT molecular complexity index is 653. The summed E-state index contributed by atoms with van der Waals surface area (Å²) in [6.45, 7) is 1.98. The number of rotatable bonds is 1. The van der Waals surface area contributed by atoms with Gasteiger partial charge in [-0.05, 0) is 52.9 Å². The standard InChI is InChI=1S/C16H14BrFO/c1-10-5-6-11-7-8-16(19,13(11)9-10)12-3-2-4-14(17)15(12)18/h2-6,9,19H,7-8H2,1H3. The molecule has 2 aromatic carbocycles. The minimum atomic E-state index is -1.21. The highest BCUT2D eigenvalue weighted by atomic mass is 79.9. The summed E-state index contributed by atoms with van der Waals surface area (Å²) in [7, 11) is 0. The Morgan fingerprint density at radius 3 is 2.79 bits per heavy atom. The van der Waals surface area contributed by atoms with Crippen molar-refractivity contribution in [3.05, 3.63) is 68.9 Å². The van der Waals surface area contributed by atoms with Gasteiger partial charge in [-0.1, -0.05) is 35.9 Å². The highest BCUT2D eigenvalue weighted by Gasteiger charge is 2.40. The van der Waals surface area contributed by atoms with Crippen LogP contribution in [0.3, 0.4) is 0 Å². The number of hydrogen-bond donors (Lipinski definition) is 1. The van der Waals surface area contributed by atoms with Crippen molar-refractivity contribution >= 4 is 15.9 Å². The summed E-state index contributed by atoms with van der Waals surface area (Å²) in [5.41, 5.74) is 2.16. The van der Waals surface area contributed by atoms with Gasteiger partial charge in [-0.3, -0.25) is 0 Å². The molecule has 1 unspecified atom stereocenters. The molecule has 1 nitrogen and oxygen atoms in total. The normalized spacial score (nSPS) is 21.5. The minimum Gasteiger partial charge on any atom is -0.380 e. The van der Waals surface area contributed by atoms with E-state index in [1.165, 1.54) is 0 Å². The van der Waals surface area contributed by atoms with E-state index in [9.17, 15) is 9.50 Å². The van der Waals surface area contributed by atoms with Gasteiger partial charge in [0, 0.05) is 5.56 Å². The Hall–Kier alpha value is -1.19. The summed E-state index contributed by atoms with van der Waals surface area (Å²) >= 11 is 3.19. The molecule has 2 aromatic rings. The van der Waals surface area contributed by atoms with Crippen LogP contribution in [0.4, 0.5) is 4.39 Å². The molecule has 1 aliphatic rings. The van der Waals surface area contributed by atoms with Crippen LogP contribution in [0, 0.1) is 12.7 Å². The van der Waals surface area contributed by atoms with Crippen LogP contribution in [0.1, 0.15) is 28.7 Å². The molecule has 0 saturated carbocycles. The van der Waals surface area contributed by atoms with Gasteiger partial charge in [-0.25, -0.2) is 4.39 Å². The van der Waals surface area contributed by atoms with E-state index in [1.54, 1.807) is 18.2 Å². The van der Waals surface area contributed by atoms with Gasteiger partial charge < -0.3 is 5.11 Å². The van der Waals surface area contributed by atoms with Crippen LogP contribution in [0.15, 0.2) is 40.9 Å². The summed E-state index contributed by atoms with van der Waals surface area (Å²) in [6.07, 6.45) is 1.30. The lowest BCUT2D eigenvalue weighted by Gasteiger charge is -2.25. The van der Waals surface area contributed by atoms with Crippen molar-refractivity contribution in [3.63, 3.8) is 0 Å². The van der Waals surface area contributed by atoms with Gasteiger partial charge in [-0.2, -0.15) is 0 Å². The van der Waals surface area contributed by atoms with E-state index < -0.39 is 5.60 Å². The molecule has 0 spiro atoms. The van der Waals surface area contributed by atoms with Crippen LogP contribution >= 0.6 is 15.9 Å². The molecule has 3 heteroatoms. The van der Waals surface area contributed by atoms with Crippen molar-refractivity contribution in [1.29, 1.82) is 0 Å². The Morgan fingerprint density at radius 1 is 1.21 bits per heavy atom. The molecule has 1 N–H and O–H groups in total. The maximum absolute atomic E-state index is 14.3. The minimum absolute atomic E-state index is 0.353. The molecule has 0 heterocycles. The number of fused-ring (bicyclic) bond motifs is 1. The highest BCUT2D eigenvalue weighted by Crippen LogP contribution is 2.44. The van der Waals surface area contributed by atoms with E-state index in [0.29, 0.717) is 16.5 Å². The molecule has 0 fully saturated rings. The fourth-order valence-electron chi connectivity index (χ4n) is 2.85. The first kappa shape index (κ1) is 12.8. The fraction of sp³-hybridized carbons (Fsp3) is 0.250. The maximum atomic E-state index is 14.3. The average Bonchev–Trinajstić information content (AvgIpc) is 2.71. The predicted octanol–water partition coefficient (Wildman–Crippen LogP) is 4.08. The first-order valence-electron chi connectivity index (χ1n) is 6.29. The van der Waals surface area contributed by atoms with Crippen molar-refractivity contribution in [1.82, 2.24) is 0 Å². The second kappa shape index (κ2) is 4.43. The predicted molar refractivity (Wildman–Crippen MR) is 76.6 cm³/mol. The van der Waals surface area contributed by atoms with Crippen molar-refractivity contribution < 1.29 is 9.50 Å². The molecule has 19 heavy (non-hydrogen) atoms. The van der Waals surface area contributed by atoms with Gasteiger partial charge in [0.25, 0.3) is 0 Å². The zero-order valence-electron chi connectivity index (χ0n) is 10.6. The Balaban J connectivity index is 2.22. The number of halogens is 2. The second-order valence-electron chi connectivity index (χ2n) is 5.12. The number of aliphatic hydroxyl groups is 1. The molecular weight excluding hydrogens is 307 g/mol. The Labute approximate surface area is 120 Å². The molecule has 0 bridgehead atoms. The average molecular weight is 321 g/mol. The molecule has 0 amide bonds. The fourth-order valence-corrected chi connectivity index (χ4v) is 3.21. The third kappa shape index (κ3) is 1.92. The molecule has 0 saturated heterocycles. The molecule has 0 radical (unpaired) electrons. The van der Waals surface area contributed by atoms with Gasteiger partial charge >= 0.3 is 0 Å². The van der Waals surface area contributed by atoms with E-state index in [2.05, 4.69) is 15.9 Å². The van der Waals surface area contributed by atoms with Crippen molar-refractivity contribution in [2.45, 2.75) is 25.4 Å². The highest BCUT2D eigenvalue weighted by molar-refractivity contribution is 9.10. The van der Waals surface area contributed by atoms with Crippen LogP contribution in [0.2, 0.25) is 0 Å². The molecule has 98 valence electrons. The summed E-state index contributed by atoms with van der Waals surface area (Å²) in [5.74, 6) is -0.376. The second-order valence-corrected chi connectivity index (χ2v) is 5.98. The van der Waals surface area contributed by atoms with Crippen LogP contribution < -0.4 is 0 Å². The summed E-state index contributed by atoms with van der Waals surface area (Å²) in [5, 5.41) is 11.0. The third-order valence-corrected chi connectivity index (χ3v) is 4.48. The molecule has 3 rings (SSSR count). The monoisotopic (exact) mass is 320 g/mol. The maximum Gasteiger partial charge on any atom is 0.143 e. The Kier molecular flexibility index (Phi) is 2.99. The van der Waals surface area contributed by atoms with Crippen molar-refractivity contribution in [2.75, 3.05) is 0 Å². The van der Waals surface area contributed by atoms with E-state index in [0.717, 1.165) is 23.1 Å². The number of benzene rings is 2. The lowest BCUT2D eigenvalue weighted by molar-refractivity contribution is 0.0787. The Morgan fingerprint density at radius 2 is 2.00 bits per heavy atom. The first-order valence-corrected chi connectivity index (χ1v) is 7.08. The van der Waals surface area contributed by atoms with E-state index in [-0.39, 0.29) is 5.82 Å². The molecule has 1 atom stereocenters. The van der Waals surface area contributed by atoms with Crippen LogP contribution in [-0.4, -0.2) is 5.11 Å². The van der Waals surface area contributed by atoms with E-state index in [4.69, 9.17) is 0 Å². The largest absolute Gasteiger partial charge is 0.380 e. The number of hydrogen-bond acceptors (Lipinski definition) is 1. The van der Waals surface area contributed by atoms with Gasteiger partial charge in [0.05, 0.1) is 4.47 Å². The molecule has 0 aromatic heterocycles. The van der Waals surface area contributed by atoms with Gasteiger partial charge in [0.1, 0.15) is 11.4 Å². The smallest absolute Gasteiger partial charge is 0.143 e. The summed E-state index contributed by atoms with van der Waals surface area (Å²) in [6, 6.07) is 11.1. The van der Waals surface area contributed by atoms with Crippen LogP contribution in [0.5, 0.6) is 0 Å². The van der Waals surface area contributed by atoms with Crippen molar-refractivity contribution in [3.8, 4) is 0 Å². The van der Waals surface area contributed by atoms with E-state index in [1.807, 2.05) is 25.1 Å². The molecule has 1 aliphatic carbocycles. The van der Waals surface area contributed by atoms with Crippen molar-refractivity contribution in [2.24, 2.45) is 0 Å². The molecular formula is C16H14BrFO. The lowest BCUT2D eigenvalue weighted by atomic mass is 9.87. The topological polar surface area (TPSA) is 20.2 Å². The third-order valence-electron chi connectivity index (χ3n) is 3.86. The van der Waals surface area contributed by atoms with Crippen LogP contribution in [0.25, 0.3) is 0 Å².